The first-order valence-corrected chi connectivity index (χ1v) is 11.2. The highest BCUT2D eigenvalue weighted by atomic mass is 19.4. The molecule has 1 aliphatic heterocycles. The third kappa shape index (κ3) is 6.32. The summed E-state index contributed by atoms with van der Waals surface area (Å²) in [4.78, 5) is 19.9. The molecule has 35 heavy (non-hydrogen) atoms. The lowest BCUT2D eigenvalue weighted by Gasteiger charge is -2.38. The fraction of sp³-hybridized carbons (Fsp3) is 0.231. The summed E-state index contributed by atoms with van der Waals surface area (Å²) in [5.41, 5.74) is 1.80. The summed E-state index contributed by atoms with van der Waals surface area (Å²) in [5.74, 6) is -0.374. The molecule has 182 valence electrons. The van der Waals surface area contributed by atoms with Gasteiger partial charge in [0, 0.05) is 37.6 Å². The lowest BCUT2D eigenvalue weighted by molar-refractivity contribution is -0.137. The highest BCUT2D eigenvalue weighted by Crippen LogP contribution is 2.32. The average Bonchev–Trinajstić information content (AvgIpc) is 2.87. The Labute approximate surface area is 201 Å². The van der Waals surface area contributed by atoms with Crippen LogP contribution in [-0.2, 0) is 12.7 Å². The molecule has 1 aliphatic rings. The van der Waals surface area contributed by atoms with Gasteiger partial charge < -0.3 is 20.2 Å². The van der Waals surface area contributed by atoms with Gasteiger partial charge in [0.2, 0.25) is 0 Å². The first-order valence-electron chi connectivity index (χ1n) is 11.2. The number of aliphatic imine (C=N–C) groups is 1. The van der Waals surface area contributed by atoms with Crippen LogP contribution >= 0.6 is 0 Å². The number of benzene rings is 3. The molecule has 0 amide bonds. The summed E-state index contributed by atoms with van der Waals surface area (Å²) in [6.45, 7) is 2.63. The van der Waals surface area contributed by atoms with Crippen LogP contribution < -0.4 is 10.2 Å². The van der Waals surface area contributed by atoms with E-state index in [1.54, 1.807) is 18.2 Å². The zero-order chi connectivity index (χ0) is 24.8. The number of guanidine groups is 1. The number of halogens is 3. The van der Waals surface area contributed by atoms with E-state index in [4.69, 9.17) is 10.1 Å². The van der Waals surface area contributed by atoms with E-state index in [1.165, 1.54) is 24.3 Å². The van der Waals surface area contributed by atoms with Crippen LogP contribution in [0.4, 0.5) is 24.5 Å². The molecule has 3 aromatic rings. The van der Waals surface area contributed by atoms with Crippen LogP contribution in [-0.4, -0.2) is 48.1 Å². The van der Waals surface area contributed by atoms with Crippen molar-refractivity contribution >= 4 is 23.3 Å². The molecule has 9 heteroatoms. The molecule has 1 saturated heterocycles. The fourth-order valence-electron chi connectivity index (χ4n) is 3.85. The molecule has 1 fully saturated rings. The minimum atomic E-state index is -4.38. The van der Waals surface area contributed by atoms with Crippen molar-refractivity contribution in [3.8, 4) is 0 Å². The predicted molar refractivity (Wildman–Crippen MR) is 130 cm³/mol. The van der Waals surface area contributed by atoms with Crippen molar-refractivity contribution in [2.75, 3.05) is 36.4 Å². The Hall–Kier alpha value is -4.01. The minimum Gasteiger partial charge on any atom is -0.478 e. The maximum atomic E-state index is 13.1. The first-order chi connectivity index (χ1) is 16.8. The maximum Gasteiger partial charge on any atom is 0.416 e. The largest absolute Gasteiger partial charge is 0.478 e. The van der Waals surface area contributed by atoms with Gasteiger partial charge in [0.25, 0.3) is 0 Å². The Morgan fingerprint density at radius 2 is 1.60 bits per heavy atom. The summed E-state index contributed by atoms with van der Waals surface area (Å²) < 4.78 is 39.4. The monoisotopic (exact) mass is 482 g/mol. The number of hydrogen-bond acceptors (Lipinski definition) is 3. The summed E-state index contributed by atoms with van der Waals surface area (Å²) in [5, 5.41) is 12.4. The van der Waals surface area contributed by atoms with E-state index >= 15 is 0 Å². The normalized spacial score (nSPS) is 14.7. The number of aromatic carboxylic acids is 1. The third-order valence-corrected chi connectivity index (χ3v) is 5.76. The molecule has 2 N–H and O–H groups in total. The molecule has 0 atom stereocenters. The van der Waals surface area contributed by atoms with Gasteiger partial charge in [-0.25, -0.2) is 9.79 Å². The Morgan fingerprint density at radius 3 is 2.23 bits per heavy atom. The minimum absolute atomic E-state index is 0.188. The molecule has 0 aliphatic carbocycles. The molecular formula is C26H25F3N4O2. The number of hydrogen-bond donors (Lipinski definition) is 2. The van der Waals surface area contributed by atoms with Gasteiger partial charge in [-0.05, 0) is 48.0 Å². The first kappa shape index (κ1) is 24.1. The summed E-state index contributed by atoms with van der Waals surface area (Å²) in [6.07, 6.45) is -4.38. The van der Waals surface area contributed by atoms with Gasteiger partial charge in [-0.1, -0.05) is 36.4 Å². The molecule has 0 radical (unpaired) electrons. The van der Waals surface area contributed by atoms with Gasteiger partial charge in [-0.3, -0.25) is 0 Å². The van der Waals surface area contributed by atoms with Crippen molar-refractivity contribution in [1.82, 2.24) is 4.90 Å². The molecule has 0 saturated carbocycles. The van der Waals surface area contributed by atoms with E-state index in [0.29, 0.717) is 50.1 Å². The third-order valence-electron chi connectivity index (χ3n) is 5.76. The molecule has 0 spiro atoms. The van der Waals surface area contributed by atoms with E-state index in [2.05, 4.69) is 10.2 Å². The average molecular weight is 483 g/mol. The highest BCUT2D eigenvalue weighted by molar-refractivity contribution is 5.95. The molecule has 0 bridgehead atoms. The van der Waals surface area contributed by atoms with Gasteiger partial charge in [0.05, 0.1) is 17.7 Å². The van der Waals surface area contributed by atoms with Crippen molar-refractivity contribution in [3.63, 3.8) is 0 Å². The Kier molecular flexibility index (Phi) is 7.24. The number of anilines is 2. The van der Waals surface area contributed by atoms with Crippen LogP contribution in [0.15, 0.2) is 83.9 Å². The molecule has 1 heterocycles. The van der Waals surface area contributed by atoms with Crippen LogP contribution in [0.5, 0.6) is 0 Å². The molecule has 4 rings (SSSR count). The molecule has 0 aromatic heterocycles. The Bertz CT molecular complexity index is 1170. The SMILES string of the molecule is O=C(O)c1ccc(NC(=NCc2ccccc2)N2CCN(c3cccc(C(F)(F)F)c3)CC2)cc1. The van der Waals surface area contributed by atoms with E-state index in [0.717, 1.165) is 11.6 Å². The Morgan fingerprint density at radius 1 is 0.914 bits per heavy atom. The predicted octanol–water partition coefficient (Wildman–Crippen LogP) is 5.19. The van der Waals surface area contributed by atoms with E-state index in [1.807, 2.05) is 35.2 Å². The number of carbonyl (C=O) groups is 1. The second-order valence-corrected chi connectivity index (χ2v) is 8.16. The number of nitrogens with zero attached hydrogens (tertiary/aromatic N) is 3. The van der Waals surface area contributed by atoms with Crippen molar-refractivity contribution in [3.05, 3.63) is 95.6 Å². The van der Waals surface area contributed by atoms with Crippen molar-refractivity contribution < 1.29 is 23.1 Å². The van der Waals surface area contributed by atoms with Crippen molar-refractivity contribution in [2.24, 2.45) is 4.99 Å². The summed E-state index contributed by atoms with van der Waals surface area (Å²) in [7, 11) is 0. The lowest BCUT2D eigenvalue weighted by atomic mass is 10.1. The maximum absolute atomic E-state index is 13.1. The second-order valence-electron chi connectivity index (χ2n) is 8.16. The molecule has 3 aromatic carbocycles. The topological polar surface area (TPSA) is 68.2 Å². The number of carboxylic acid groups (broad SMARTS) is 1. The standard InChI is InChI=1S/C26H25F3N4O2/c27-26(28,29)21-7-4-8-23(17-21)32-13-15-33(16-14-32)25(30-18-19-5-2-1-3-6-19)31-22-11-9-20(10-12-22)24(34)35/h1-12,17H,13-16,18H2,(H,30,31)(H,34,35). The zero-order valence-corrected chi connectivity index (χ0v) is 18.9. The highest BCUT2D eigenvalue weighted by Gasteiger charge is 2.31. The van der Waals surface area contributed by atoms with Crippen LogP contribution in [0.3, 0.4) is 0 Å². The molecular weight excluding hydrogens is 457 g/mol. The number of piperazine rings is 1. The number of nitrogens with one attached hydrogen (secondary N) is 1. The number of rotatable bonds is 5. The smallest absolute Gasteiger partial charge is 0.416 e. The molecule has 0 unspecified atom stereocenters. The quantitative estimate of drug-likeness (QED) is 0.387. The van der Waals surface area contributed by atoms with Gasteiger partial charge >= 0.3 is 12.1 Å². The lowest BCUT2D eigenvalue weighted by Crippen LogP contribution is -2.50. The number of carboxylic acids is 1. The van der Waals surface area contributed by atoms with Crippen molar-refractivity contribution in [1.29, 1.82) is 0 Å². The van der Waals surface area contributed by atoms with Gasteiger partial charge in [0.1, 0.15) is 0 Å². The molecule has 6 nitrogen and oxygen atoms in total. The van der Waals surface area contributed by atoms with Crippen molar-refractivity contribution in [2.45, 2.75) is 12.7 Å². The summed E-state index contributed by atoms with van der Waals surface area (Å²) >= 11 is 0. The van der Waals surface area contributed by atoms with Crippen LogP contribution in [0.1, 0.15) is 21.5 Å². The zero-order valence-electron chi connectivity index (χ0n) is 18.9. The van der Waals surface area contributed by atoms with Gasteiger partial charge in [-0.15, -0.1) is 0 Å². The van der Waals surface area contributed by atoms with E-state index in [-0.39, 0.29) is 5.56 Å². The van der Waals surface area contributed by atoms with Crippen LogP contribution in [0.25, 0.3) is 0 Å². The van der Waals surface area contributed by atoms with Crippen LogP contribution in [0, 0.1) is 0 Å². The van der Waals surface area contributed by atoms with Gasteiger partial charge in [0.15, 0.2) is 5.96 Å². The fourth-order valence-corrected chi connectivity index (χ4v) is 3.85. The van der Waals surface area contributed by atoms with Crippen LogP contribution in [0.2, 0.25) is 0 Å². The van der Waals surface area contributed by atoms with E-state index in [9.17, 15) is 18.0 Å². The summed E-state index contributed by atoms with van der Waals surface area (Å²) in [6, 6.07) is 21.6. The van der Waals surface area contributed by atoms with E-state index < -0.39 is 17.7 Å². The number of alkyl halides is 3. The second kappa shape index (κ2) is 10.5. The van der Waals surface area contributed by atoms with Gasteiger partial charge in [-0.2, -0.15) is 13.2 Å². The Balaban J connectivity index is 1.49.